The molecule has 2 aromatic carbocycles. The number of aromatic nitrogens is 3. The van der Waals surface area contributed by atoms with Crippen LogP contribution in [0.25, 0.3) is 11.1 Å². The van der Waals surface area contributed by atoms with E-state index in [1.54, 1.807) is 12.1 Å². The molecule has 7 nitrogen and oxygen atoms in total. The van der Waals surface area contributed by atoms with Crippen LogP contribution < -0.4 is 16.4 Å². The molecule has 0 aliphatic carbocycles. The quantitative estimate of drug-likeness (QED) is 0.559. The van der Waals surface area contributed by atoms with Gasteiger partial charge in [-0.2, -0.15) is 4.98 Å². The molecule has 0 saturated carbocycles. The van der Waals surface area contributed by atoms with Gasteiger partial charge in [-0.1, -0.05) is 29.3 Å². The first-order chi connectivity index (χ1) is 12.0. The number of nitrogens with zero attached hydrogens (tertiary/aromatic N) is 2. The number of H-pyrrole nitrogens is 1. The molecule has 0 atom stereocenters. The molecule has 0 unspecified atom stereocenters. The van der Waals surface area contributed by atoms with Crippen LogP contribution in [0.1, 0.15) is 5.56 Å². The molecule has 2 heterocycles. The van der Waals surface area contributed by atoms with Gasteiger partial charge in [-0.3, -0.25) is 4.79 Å². The number of nitrogen functional groups attached to an aromatic ring is 1. The molecule has 0 saturated heterocycles. The lowest BCUT2D eigenvalue weighted by Crippen LogP contribution is -2.03. The minimum atomic E-state index is -0.0188. The number of benzene rings is 2. The minimum Gasteiger partial charge on any atom is -0.368 e. The Kier molecular flexibility index (Phi) is 3.74. The van der Waals surface area contributed by atoms with Gasteiger partial charge in [-0.25, -0.2) is 5.10 Å². The summed E-state index contributed by atoms with van der Waals surface area (Å²) >= 11 is 12.9. The fraction of sp³-hybridized carbons (Fsp3) is 0.0625. The average molecular weight is 375 g/mol. The van der Waals surface area contributed by atoms with Crippen molar-refractivity contribution in [2.75, 3.05) is 16.4 Å². The third kappa shape index (κ3) is 2.99. The highest BCUT2D eigenvalue weighted by Crippen LogP contribution is 2.39. The van der Waals surface area contributed by atoms with E-state index < -0.39 is 0 Å². The maximum atomic E-state index is 11.5. The number of hydrogen-bond donors (Lipinski definition) is 4. The predicted octanol–water partition coefficient (Wildman–Crippen LogP) is 3.60. The minimum absolute atomic E-state index is 0.0188. The molecule has 0 spiro atoms. The smallest absolute Gasteiger partial charge is 0.248 e. The maximum absolute atomic E-state index is 11.5. The standard InChI is InChI=1S/C16H12Cl2N6O/c17-10-5-9(20-16-22-15(19)23-24-16)6-11(18)14(10)7-1-2-12-8(3-7)4-13(25)21-12/h1-3,5-6H,4H2,(H,21,25)(H4,19,20,22,23,24). The molecule has 0 fully saturated rings. The second kappa shape index (κ2) is 5.94. The van der Waals surface area contributed by atoms with Gasteiger partial charge in [0.05, 0.1) is 16.5 Å². The molecule has 9 heteroatoms. The van der Waals surface area contributed by atoms with Crippen LogP contribution in [0.2, 0.25) is 10.0 Å². The molecule has 1 aromatic heterocycles. The van der Waals surface area contributed by atoms with Crippen molar-refractivity contribution in [2.45, 2.75) is 6.42 Å². The first-order valence-electron chi connectivity index (χ1n) is 7.37. The Morgan fingerprint density at radius 3 is 2.60 bits per heavy atom. The second-order valence-electron chi connectivity index (χ2n) is 5.58. The zero-order valence-corrected chi connectivity index (χ0v) is 14.2. The van der Waals surface area contributed by atoms with Crippen molar-refractivity contribution in [1.29, 1.82) is 0 Å². The Hall–Kier alpha value is -2.77. The highest BCUT2D eigenvalue weighted by Gasteiger charge is 2.19. The number of carbonyl (C=O) groups excluding carboxylic acids is 1. The Morgan fingerprint density at radius 1 is 1.16 bits per heavy atom. The fourth-order valence-corrected chi connectivity index (χ4v) is 3.47. The lowest BCUT2D eigenvalue weighted by atomic mass is 10.0. The van der Waals surface area contributed by atoms with E-state index in [-0.39, 0.29) is 11.9 Å². The number of nitrogens with two attached hydrogens (primary N) is 1. The SMILES string of the molecule is Nc1nc(Nc2cc(Cl)c(-c3ccc4c(c3)CC(=O)N4)c(Cl)c2)n[nH]1. The van der Waals surface area contributed by atoms with Crippen LogP contribution in [0, 0.1) is 0 Å². The van der Waals surface area contributed by atoms with Crippen LogP contribution in [-0.2, 0) is 11.2 Å². The van der Waals surface area contributed by atoms with E-state index >= 15 is 0 Å². The van der Waals surface area contributed by atoms with Gasteiger partial charge in [-0.15, -0.1) is 5.10 Å². The molecular weight excluding hydrogens is 363 g/mol. The third-order valence-corrected chi connectivity index (χ3v) is 4.42. The number of hydrogen-bond acceptors (Lipinski definition) is 5. The Balaban J connectivity index is 1.69. The van der Waals surface area contributed by atoms with E-state index in [1.807, 2.05) is 18.2 Å². The van der Waals surface area contributed by atoms with E-state index in [4.69, 9.17) is 28.9 Å². The van der Waals surface area contributed by atoms with Crippen LogP contribution >= 0.6 is 23.2 Å². The van der Waals surface area contributed by atoms with Gasteiger partial charge in [0.2, 0.25) is 17.8 Å². The van der Waals surface area contributed by atoms with E-state index in [2.05, 4.69) is 25.8 Å². The van der Waals surface area contributed by atoms with Crippen LogP contribution in [-0.4, -0.2) is 21.1 Å². The summed E-state index contributed by atoms with van der Waals surface area (Å²) in [6.45, 7) is 0. The van der Waals surface area contributed by atoms with Crippen molar-refractivity contribution in [2.24, 2.45) is 0 Å². The molecule has 126 valence electrons. The van der Waals surface area contributed by atoms with Gasteiger partial charge in [0.1, 0.15) is 0 Å². The average Bonchev–Trinajstić information content (AvgIpc) is 3.10. The Bertz CT molecular complexity index is 977. The van der Waals surface area contributed by atoms with Gasteiger partial charge < -0.3 is 16.4 Å². The fourth-order valence-electron chi connectivity index (χ4n) is 2.77. The molecule has 1 aliphatic heterocycles. The van der Waals surface area contributed by atoms with Crippen LogP contribution in [0.5, 0.6) is 0 Å². The first-order valence-corrected chi connectivity index (χ1v) is 8.12. The molecule has 25 heavy (non-hydrogen) atoms. The predicted molar refractivity (Wildman–Crippen MR) is 98.3 cm³/mol. The summed E-state index contributed by atoms with van der Waals surface area (Å²) in [6.07, 6.45) is 0.351. The topological polar surface area (TPSA) is 109 Å². The lowest BCUT2D eigenvalue weighted by Gasteiger charge is -2.12. The van der Waals surface area contributed by atoms with E-state index in [0.29, 0.717) is 33.7 Å². The number of aromatic amines is 1. The van der Waals surface area contributed by atoms with Crippen LogP contribution in [0.15, 0.2) is 30.3 Å². The van der Waals surface area contributed by atoms with Crippen molar-refractivity contribution < 1.29 is 4.79 Å². The molecule has 0 radical (unpaired) electrons. The zero-order chi connectivity index (χ0) is 17.6. The highest BCUT2D eigenvalue weighted by molar-refractivity contribution is 6.39. The van der Waals surface area contributed by atoms with Gasteiger partial charge in [0.25, 0.3) is 0 Å². The summed E-state index contributed by atoms with van der Waals surface area (Å²) in [5.41, 5.74) is 9.42. The number of amides is 1. The monoisotopic (exact) mass is 374 g/mol. The lowest BCUT2D eigenvalue weighted by molar-refractivity contribution is -0.115. The molecule has 1 aliphatic rings. The molecule has 0 bridgehead atoms. The van der Waals surface area contributed by atoms with Gasteiger partial charge in [-0.05, 0) is 35.4 Å². The van der Waals surface area contributed by atoms with E-state index in [1.165, 1.54) is 0 Å². The summed E-state index contributed by atoms with van der Waals surface area (Å²) in [5, 5.41) is 13.2. The number of anilines is 4. The van der Waals surface area contributed by atoms with E-state index in [9.17, 15) is 4.79 Å². The van der Waals surface area contributed by atoms with E-state index in [0.717, 1.165) is 16.8 Å². The van der Waals surface area contributed by atoms with Crippen LogP contribution in [0.4, 0.5) is 23.3 Å². The highest BCUT2D eigenvalue weighted by atomic mass is 35.5. The van der Waals surface area contributed by atoms with Gasteiger partial charge >= 0.3 is 0 Å². The molecule has 1 amide bonds. The van der Waals surface area contributed by atoms with Gasteiger partial charge in [0, 0.05) is 16.9 Å². The van der Waals surface area contributed by atoms with Gasteiger partial charge in [0.15, 0.2) is 0 Å². The van der Waals surface area contributed by atoms with Crippen molar-refractivity contribution >= 4 is 52.4 Å². The van der Waals surface area contributed by atoms with Crippen molar-refractivity contribution in [3.63, 3.8) is 0 Å². The number of halogens is 2. The Labute approximate surface area is 152 Å². The number of fused-ring (bicyclic) bond motifs is 1. The van der Waals surface area contributed by atoms with Crippen molar-refractivity contribution in [1.82, 2.24) is 15.2 Å². The molecule has 4 rings (SSSR count). The Morgan fingerprint density at radius 2 is 1.92 bits per heavy atom. The zero-order valence-electron chi connectivity index (χ0n) is 12.7. The summed E-state index contributed by atoms with van der Waals surface area (Å²) in [7, 11) is 0. The summed E-state index contributed by atoms with van der Waals surface area (Å²) in [6, 6.07) is 9.10. The first kappa shape index (κ1) is 15.7. The normalized spacial score (nSPS) is 12.8. The summed E-state index contributed by atoms with van der Waals surface area (Å²) in [4.78, 5) is 15.5. The molecule has 3 aromatic rings. The number of rotatable bonds is 3. The number of nitrogens with one attached hydrogen (secondary N) is 3. The molecular formula is C16H12Cl2N6O. The van der Waals surface area contributed by atoms with Crippen LogP contribution in [0.3, 0.4) is 0 Å². The second-order valence-corrected chi connectivity index (χ2v) is 6.40. The van der Waals surface area contributed by atoms with Crippen molar-refractivity contribution in [3.05, 3.63) is 45.9 Å². The third-order valence-electron chi connectivity index (χ3n) is 3.82. The maximum Gasteiger partial charge on any atom is 0.248 e. The summed E-state index contributed by atoms with van der Waals surface area (Å²) < 4.78 is 0. The van der Waals surface area contributed by atoms with Crippen molar-refractivity contribution in [3.8, 4) is 11.1 Å². The number of carbonyl (C=O) groups is 1. The molecule has 5 N–H and O–H groups in total. The summed E-state index contributed by atoms with van der Waals surface area (Å²) in [5.74, 6) is 0.506. The largest absolute Gasteiger partial charge is 0.368 e.